The first kappa shape index (κ1) is 17.0. The molecule has 4 rings (SSSR count). The Morgan fingerprint density at radius 3 is 2.78 bits per heavy atom. The molecule has 0 aliphatic heterocycles. The van der Waals surface area contributed by atoms with Crippen LogP contribution < -0.4 is 5.32 Å². The molecule has 7 heteroatoms. The Bertz CT molecular complexity index is 1100. The quantitative estimate of drug-likeness (QED) is 0.589. The number of carbonyl (C=O) groups is 1. The number of fused-ring (bicyclic) bond motifs is 1. The number of benzene rings is 2. The third kappa shape index (κ3) is 3.44. The highest BCUT2D eigenvalue weighted by atomic mass is 19.1. The van der Waals surface area contributed by atoms with Gasteiger partial charge < -0.3 is 9.73 Å². The number of halogens is 1. The van der Waals surface area contributed by atoms with E-state index in [0.29, 0.717) is 35.8 Å². The molecule has 0 saturated heterocycles. The summed E-state index contributed by atoms with van der Waals surface area (Å²) < 4.78 is 20.0. The molecule has 0 radical (unpaired) electrons. The smallest absolute Gasteiger partial charge is 0.270 e. The molecule has 1 amide bonds. The molecule has 0 saturated carbocycles. The highest BCUT2D eigenvalue weighted by Crippen LogP contribution is 2.19. The third-order valence-electron chi connectivity index (χ3n) is 4.27. The average molecular weight is 364 g/mol. The molecule has 0 spiro atoms. The number of aromatic nitrogens is 3. The first-order valence-corrected chi connectivity index (χ1v) is 8.52. The van der Waals surface area contributed by atoms with Crippen molar-refractivity contribution in [3.8, 4) is 11.5 Å². The molecule has 6 nitrogen and oxygen atoms in total. The molecule has 0 unspecified atom stereocenters. The van der Waals surface area contributed by atoms with Gasteiger partial charge in [-0.15, -0.1) is 0 Å². The molecule has 0 bridgehead atoms. The Balaban J connectivity index is 1.40. The number of carbonyl (C=O) groups excluding carboxylic acids is 1. The van der Waals surface area contributed by atoms with Crippen LogP contribution in [0.1, 0.15) is 16.2 Å². The summed E-state index contributed by atoms with van der Waals surface area (Å²) in [5, 5.41) is 8.05. The van der Waals surface area contributed by atoms with Crippen molar-refractivity contribution >= 4 is 16.8 Å². The Hall–Kier alpha value is -3.48. The lowest BCUT2D eigenvalue weighted by atomic mass is 10.2. The minimum Gasteiger partial charge on any atom is -0.444 e. The Morgan fingerprint density at radius 1 is 1.19 bits per heavy atom. The van der Waals surface area contributed by atoms with Crippen molar-refractivity contribution in [1.82, 2.24) is 20.1 Å². The molecule has 0 fully saturated rings. The van der Waals surface area contributed by atoms with Crippen LogP contribution in [0.2, 0.25) is 0 Å². The van der Waals surface area contributed by atoms with Crippen LogP contribution in [0.3, 0.4) is 0 Å². The standard InChI is InChI=1S/C20H17FN4O2/c1-25-18(16-4-2-3-5-17(16)24-25)19(26)22-11-10-15-12-27-20(23-15)13-6-8-14(21)9-7-13/h2-9,12H,10-11H2,1H3,(H,22,26). The van der Waals surface area contributed by atoms with E-state index >= 15 is 0 Å². The lowest BCUT2D eigenvalue weighted by Gasteiger charge is -2.04. The summed E-state index contributed by atoms with van der Waals surface area (Å²) in [7, 11) is 1.75. The maximum Gasteiger partial charge on any atom is 0.270 e. The van der Waals surface area contributed by atoms with Gasteiger partial charge in [-0.2, -0.15) is 5.10 Å². The van der Waals surface area contributed by atoms with Gasteiger partial charge in [-0.1, -0.05) is 18.2 Å². The summed E-state index contributed by atoms with van der Waals surface area (Å²) in [6.45, 7) is 0.410. The first-order valence-electron chi connectivity index (χ1n) is 8.52. The Morgan fingerprint density at radius 2 is 1.96 bits per heavy atom. The third-order valence-corrected chi connectivity index (χ3v) is 4.27. The fraction of sp³-hybridized carbons (Fsp3) is 0.150. The second-order valence-corrected chi connectivity index (χ2v) is 6.15. The van der Waals surface area contributed by atoms with Gasteiger partial charge >= 0.3 is 0 Å². The van der Waals surface area contributed by atoms with Gasteiger partial charge in [0.2, 0.25) is 5.89 Å². The van der Waals surface area contributed by atoms with Gasteiger partial charge in [-0.25, -0.2) is 9.37 Å². The second kappa shape index (κ2) is 7.03. The maximum absolute atomic E-state index is 13.0. The maximum atomic E-state index is 13.0. The van der Waals surface area contributed by atoms with Crippen LogP contribution in [0.15, 0.2) is 59.2 Å². The van der Waals surface area contributed by atoms with E-state index in [4.69, 9.17) is 4.42 Å². The van der Waals surface area contributed by atoms with Crippen molar-refractivity contribution in [3.05, 3.63) is 72.0 Å². The van der Waals surface area contributed by atoms with Crippen LogP contribution in [-0.4, -0.2) is 27.2 Å². The summed E-state index contributed by atoms with van der Waals surface area (Å²) in [5.74, 6) is -0.0710. The molecule has 4 aromatic rings. The molecular weight excluding hydrogens is 347 g/mol. The summed E-state index contributed by atoms with van der Waals surface area (Å²) in [6, 6.07) is 13.5. The zero-order valence-electron chi connectivity index (χ0n) is 14.6. The molecular formula is C20H17FN4O2. The zero-order valence-corrected chi connectivity index (χ0v) is 14.6. The minimum absolute atomic E-state index is 0.187. The normalized spacial score (nSPS) is 11.0. The van der Waals surface area contributed by atoms with Gasteiger partial charge in [0.25, 0.3) is 5.91 Å². The highest BCUT2D eigenvalue weighted by molar-refractivity contribution is 6.04. The fourth-order valence-electron chi connectivity index (χ4n) is 2.95. The predicted octanol–water partition coefficient (Wildman–Crippen LogP) is 3.34. The summed E-state index contributed by atoms with van der Waals surface area (Å²) >= 11 is 0. The van der Waals surface area contributed by atoms with E-state index in [1.54, 1.807) is 30.1 Å². The van der Waals surface area contributed by atoms with Crippen LogP contribution in [0, 0.1) is 5.82 Å². The monoisotopic (exact) mass is 364 g/mol. The summed E-state index contributed by atoms with van der Waals surface area (Å²) in [4.78, 5) is 16.9. The second-order valence-electron chi connectivity index (χ2n) is 6.15. The zero-order chi connectivity index (χ0) is 18.8. The lowest BCUT2D eigenvalue weighted by Crippen LogP contribution is -2.27. The number of hydrogen-bond donors (Lipinski definition) is 1. The molecule has 0 atom stereocenters. The van der Waals surface area contributed by atoms with E-state index < -0.39 is 0 Å². The Kier molecular flexibility index (Phi) is 4.42. The molecule has 2 aromatic carbocycles. The Labute approximate surface area is 154 Å². The highest BCUT2D eigenvalue weighted by Gasteiger charge is 2.16. The van der Waals surface area contributed by atoms with Crippen molar-refractivity contribution in [3.63, 3.8) is 0 Å². The molecule has 1 N–H and O–H groups in total. The minimum atomic E-state index is -0.309. The number of aryl methyl sites for hydroxylation is 1. The number of nitrogens with zero attached hydrogens (tertiary/aromatic N) is 3. The van der Waals surface area contributed by atoms with Crippen molar-refractivity contribution in [2.45, 2.75) is 6.42 Å². The van der Waals surface area contributed by atoms with E-state index in [-0.39, 0.29) is 11.7 Å². The van der Waals surface area contributed by atoms with Crippen LogP contribution in [0.4, 0.5) is 4.39 Å². The van der Waals surface area contributed by atoms with Crippen LogP contribution in [0.5, 0.6) is 0 Å². The fourth-order valence-corrected chi connectivity index (χ4v) is 2.95. The SMILES string of the molecule is Cn1nc2ccccc2c1C(=O)NCCc1coc(-c2ccc(F)cc2)n1. The van der Waals surface area contributed by atoms with Crippen LogP contribution in [0.25, 0.3) is 22.4 Å². The van der Waals surface area contributed by atoms with E-state index in [9.17, 15) is 9.18 Å². The van der Waals surface area contributed by atoms with Crippen molar-refractivity contribution in [2.75, 3.05) is 6.54 Å². The predicted molar refractivity (Wildman–Crippen MR) is 98.6 cm³/mol. The molecule has 0 aliphatic rings. The van der Waals surface area contributed by atoms with Crippen molar-refractivity contribution in [2.24, 2.45) is 7.05 Å². The number of oxazole rings is 1. The number of rotatable bonds is 5. The van der Waals surface area contributed by atoms with Gasteiger partial charge in [0, 0.05) is 31.0 Å². The molecule has 27 heavy (non-hydrogen) atoms. The van der Waals surface area contributed by atoms with Crippen LogP contribution >= 0.6 is 0 Å². The van der Waals surface area contributed by atoms with Gasteiger partial charge in [-0.05, 0) is 30.3 Å². The average Bonchev–Trinajstić information content (AvgIpc) is 3.26. The lowest BCUT2D eigenvalue weighted by molar-refractivity contribution is 0.0946. The molecule has 136 valence electrons. The van der Waals surface area contributed by atoms with Crippen molar-refractivity contribution in [1.29, 1.82) is 0 Å². The van der Waals surface area contributed by atoms with Gasteiger partial charge in [0.15, 0.2) is 0 Å². The van der Waals surface area contributed by atoms with E-state index in [2.05, 4.69) is 15.4 Å². The molecule has 2 aromatic heterocycles. The largest absolute Gasteiger partial charge is 0.444 e. The van der Waals surface area contributed by atoms with E-state index in [0.717, 1.165) is 10.9 Å². The summed E-state index contributed by atoms with van der Waals surface area (Å²) in [6.07, 6.45) is 2.07. The molecule has 0 aliphatic carbocycles. The summed E-state index contributed by atoms with van der Waals surface area (Å²) in [5.41, 5.74) is 2.72. The number of amides is 1. The van der Waals surface area contributed by atoms with Gasteiger partial charge in [-0.3, -0.25) is 9.48 Å². The van der Waals surface area contributed by atoms with E-state index in [1.807, 2.05) is 24.3 Å². The first-order chi connectivity index (χ1) is 13.1. The van der Waals surface area contributed by atoms with Crippen LogP contribution in [-0.2, 0) is 13.5 Å². The van der Waals surface area contributed by atoms with Gasteiger partial charge in [0.05, 0.1) is 11.2 Å². The molecule has 2 heterocycles. The number of hydrogen-bond acceptors (Lipinski definition) is 4. The van der Waals surface area contributed by atoms with Crippen molar-refractivity contribution < 1.29 is 13.6 Å². The number of nitrogens with one attached hydrogen (secondary N) is 1. The van der Waals surface area contributed by atoms with Gasteiger partial charge in [0.1, 0.15) is 17.8 Å². The van der Waals surface area contributed by atoms with E-state index in [1.165, 1.54) is 12.1 Å². The topological polar surface area (TPSA) is 73.0 Å².